The summed E-state index contributed by atoms with van der Waals surface area (Å²) in [6.07, 6.45) is 5.21. The summed E-state index contributed by atoms with van der Waals surface area (Å²) in [5.41, 5.74) is 2.76. The summed E-state index contributed by atoms with van der Waals surface area (Å²) in [4.78, 5) is 31.4. The molecule has 1 aliphatic heterocycles. The molecule has 0 unspecified atom stereocenters. The summed E-state index contributed by atoms with van der Waals surface area (Å²) in [5.74, 6) is 0.504. The van der Waals surface area contributed by atoms with Crippen molar-refractivity contribution in [3.8, 4) is 5.75 Å². The van der Waals surface area contributed by atoms with E-state index >= 15 is 0 Å². The van der Waals surface area contributed by atoms with Gasteiger partial charge in [0, 0.05) is 31.1 Å². The Hall–Kier alpha value is -2.58. The summed E-state index contributed by atoms with van der Waals surface area (Å²) < 4.78 is 11.1. The smallest absolute Gasteiger partial charge is 0.341 e. The first-order valence-corrected chi connectivity index (χ1v) is 13.2. The van der Waals surface area contributed by atoms with Crippen LogP contribution in [0.25, 0.3) is 0 Å². The number of fused-ring (bicyclic) bond motifs is 1. The number of aryl methyl sites for hydroxylation is 1. The molecule has 184 valence electrons. The zero-order valence-corrected chi connectivity index (χ0v) is 21.0. The van der Waals surface area contributed by atoms with Crippen LogP contribution in [0.2, 0.25) is 0 Å². The van der Waals surface area contributed by atoms with Gasteiger partial charge < -0.3 is 19.7 Å². The summed E-state index contributed by atoms with van der Waals surface area (Å²) in [6.45, 7) is 8.33. The molecule has 8 heteroatoms. The van der Waals surface area contributed by atoms with E-state index in [4.69, 9.17) is 9.47 Å². The Morgan fingerprint density at radius 3 is 2.53 bits per heavy atom. The third kappa shape index (κ3) is 5.73. The Bertz CT molecular complexity index is 998. The number of carbonyl (C=O) groups is 2. The first-order chi connectivity index (χ1) is 16.6. The van der Waals surface area contributed by atoms with Crippen LogP contribution in [0, 0.1) is 0 Å². The number of thiophene rings is 1. The second-order valence-electron chi connectivity index (χ2n) is 8.70. The number of rotatable bonds is 8. The van der Waals surface area contributed by atoms with E-state index in [-0.39, 0.29) is 11.9 Å². The molecule has 1 amide bonds. The monoisotopic (exact) mass is 485 g/mol. The molecule has 34 heavy (non-hydrogen) atoms. The van der Waals surface area contributed by atoms with Crippen LogP contribution in [-0.2, 0) is 22.4 Å². The van der Waals surface area contributed by atoms with Gasteiger partial charge in [-0.1, -0.05) is 18.6 Å². The van der Waals surface area contributed by atoms with E-state index in [1.54, 1.807) is 11.3 Å². The number of amides is 1. The van der Waals surface area contributed by atoms with Crippen LogP contribution >= 0.6 is 11.3 Å². The number of ether oxygens (including phenoxy) is 2. The lowest BCUT2D eigenvalue weighted by molar-refractivity contribution is -0.117. The quantitative estimate of drug-likeness (QED) is 0.443. The highest BCUT2D eigenvalue weighted by molar-refractivity contribution is 7.17. The average Bonchev–Trinajstić information content (AvgIpc) is 3.00. The molecule has 4 rings (SSSR count). The van der Waals surface area contributed by atoms with Crippen LogP contribution in [0.4, 0.5) is 10.7 Å². The molecule has 7 nitrogen and oxygen atoms in total. The molecule has 0 bridgehead atoms. The molecular formula is C26H35N3O4S. The first-order valence-electron chi connectivity index (χ1n) is 12.4. The van der Waals surface area contributed by atoms with Gasteiger partial charge in [0.15, 0.2) is 0 Å². The zero-order valence-electron chi connectivity index (χ0n) is 20.2. The van der Waals surface area contributed by atoms with E-state index in [0.29, 0.717) is 30.3 Å². The highest BCUT2D eigenvalue weighted by atomic mass is 32.1. The average molecular weight is 486 g/mol. The van der Waals surface area contributed by atoms with Crippen molar-refractivity contribution in [3.63, 3.8) is 0 Å². The second-order valence-corrected chi connectivity index (χ2v) is 9.81. The lowest BCUT2D eigenvalue weighted by Crippen LogP contribution is -2.48. The van der Waals surface area contributed by atoms with Gasteiger partial charge in [-0.3, -0.25) is 9.69 Å². The number of benzene rings is 1. The van der Waals surface area contributed by atoms with Gasteiger partial charge in [0.1, 0.15) is 10.8 Å². The molecule has 2 aliphatic rings. The van der Waals surface area contributed by atoms with E-state index in [1.165, 1.54) is 11.3 Å². The molecule has 1 aromatic carbocycles. The highest BCUT2D eigenvalue weighted by Crippen LogP contribution is 2.38. The normalized spacial score (nSPS) is 16.5. The van der Waals surface area contributed by atoms with Crippen LogP contribution in [0.15, 0.2) is 24.3 Å². The third-order valence-electron chi connectivity index (χ3n) is 6.40. The molecule has 0 atom stereocenters. The minimum absolute atomic E-state index is 0.0786. The van der Waals surface area contributed by atoms with Crippen molar-refractivity contribution in [3.05, 3.63) is 40.3 Å². The van der Waals surface area contributed by atoms with Gasteiger partial charge in [-0.15, -0.1) is 11.3 Å². The predicted molar refractivity (Wildman–Crippen MR) is 136 cm³/mol. The van der Waals surface area contributed by atoms with Crippen molar-refractivity contribution in [1.82, 2.24) is 4.90 Å². The molecule has 1 aliphatic carbocycles. The Morgan fingerprint density at radius 2 is 1.76 bits per heavy atom. The van der Waals surface area contributed by atoms with E-state index in [9.17, 15) is 9.59 Å². The van der Waals surface area contributed by atoms with Gasteiger partial charge >= 0.3 is 5.97 Å². The van der Waals surface area contributed by atoms with Gasteiger partial charge in [0.25, 0.3) is 0 Å². The molecular weight excluding hydrogens is 450 g/mol. The fourth-order valence-corrected chi connectivity index (χ4v) is 6.06. The zero-order chi connectivity index (χ0) is 23.9. The molecule has 1 fully saturated rings. The fraction of sp³-hybridized carbons (Fsp3) is 0.538. The van der Waals surface area contributed by atoms with Crippen LogP contribution in [0.5, 0.6) is 5.75 Å². The molecule has 0 spiro atoms. The number of hydrogen-bond acceptors (Lipinski definition) is 7. The maximum Gasteiger partial charge on any atom is 0.341 e. The molecule has 0 radical (unpaired) electrons. The van der Waals surface area contributed by atoms with Gasteiger partial charge in [-0.05, 0) is 57.2 Å². The Labute approximate surface area is 206 Å². The molecule has 2 heterocycles. The lowest BCUT2D eigenvalue weighted by atomic mass is 10.1. The van der Waals surface area contributed by atoms with Crippen LogP contribution < -0.4 is 15.0 Å². The van der Waals surface area contributed by atoms with Gasteiger partial charge in [-0.25, -0.2) is 4.79 Å². The number of nitrogens with one attached hydrogen (secondary N) is 1. The van der Waals surface area contributed by atoms with Gasteiger partial charge in [0.05, 0.1) is 31.0 Å². The summed E-state index contributed by atoms with van der Waals surface area (Å²) in [6, 6.07) is 8.11. The van der Waals surface area contributed by atoms with Crippen molar-refractivity contribution in [2.24, 2.45) is 0 Å². The lowest BCUT2D eigenvalue weighted by Gasteiger charge is -2.36. The molecule has 1 aromatic heterocycles. The summed E-state index contributed by atoms with van der Waals surface area (Å²) in [5, 5.41) is 3.70. The number of esters is 1. The Kier molecular flexibility index (Phi) is 8.45. The van der Waals surface area contributed by atoms with Crippen molar-refractivity contribution in [2.75, 3.05) is 56.2 Å². The fourth-order valence-electron chi connectivity index (χ4n) is 4.76. The molecule has 2 aromatic rings. The maximum absolute atomic E-state index is 13.0. The van der Waals surface area contributed by atoms with Crippen molar-refractivity contribution in [2.45, 2.75) is 46.0 Å². The Balaban J connectivity index is 1.38. The van der Waals surface area contributed by atoms with Crippen LogP contribution in [0.3, 0.4) is 0 Å². The third-order valence-corrected chi connectivity index (χ3v) is 7.61. The topological polar surface area (TPSA) is 71.1 Å². The standard InChI is InChI=1S/C26H35N3O4S/c1-3-32-21-12-9-8-11-20(21)29-16-14-28(15-17-29)18-23(30)27-25-24(26(31)33-4-2)19-10-6-5-7-13-22(19)34-25/h8-9,11-12H,3-7,10,13-18H2,1-2H3,(H,27,30). The first kappa shape index (κ1) is 24.5. The number of nitrogens with zero attached hydrogens (tertiary/aromatic N) is 2. The van der Waals surface area contributed by atoms with Gasteiger partial charge in [-0.2, -0.15) is 0 Å². The minimum Gasteiger partial charge on any atom is -0.492 e. The van der Waals surface area contributed by atoms with Gasteiger partial charge in [0.2, 0.25) is 5.91 Å². The number of carbonyl (C=O) groups excluding carboxylic acids is 2. The predicted octanol–water partition coefficient (Wildman–Crippen LogP) is 4.35. The number of para-hydroxylation sites is 2. The summed E-state index contributed by atoms with van der Waals surface area (Å²) in [7, 11) is 0. The highest BCUT2D eigenvalue weighted by Gasteiger charge is 2.27. The van der Waals surface area contributed by atoms with Crippen LogP contribution in [-0.4, -0.2) is 62.7 Å². The largest absolute Gasteiger partial charge is 0.492 e. The molecule has 0 saturated carbocycles. The van der Waals surface area contributed by atoms with Crippen molar-refractivity contribution < 1.29 is 19.1 Å². The van der Waals surface area contributed by atoms with Crippen molar-refractivity contribution >= 4 is 33.9 Å². The molecule has 1 N–H and O–H groups in total. The number of piperazine rings is 1. The second kappa shape index (κ2) is 11.7. The molecule has 1 saturated heterocycles. The summed E-state index contributed by atoms with van der Waals surface area (Å²) >= 11 is 1.55. The van der Waals surface area contributed by atoms with E-state index < -0.39 is 0 Å². The van der Waals surface area contributed by atoms with Crippen LogP contribution in [0.1, 0.15) is 53.9 Å². The van der Waals surface area contributed by atoms with E-state index in [2.05, 4.69) is 21.2 Å². The van der Waals surface area contributed by atoms with E-state index in [0.717, 1.165) is 68.9 Å². The van der Waals surface area contributed by atoms with E-state index in [1.807, 2.05) is 32.0 Å². The maximum atomic E-state index is 13.0. The Morgan fingerprint density at radius 1 is 1.00 bits per heavy atom. The van der Waals surface area contributed by atoms with Crippen molar-refractivity contribution in [1.29, 1.82) is 0 Å². The SMILES string of the molecule is CCOC(=O)c1c(NC(=O)CN2CCN(c3ccccc3OCC)CC2)sc2c1CCCCC2. The minimum atomic E-state index is -0.321. The number of hydrogen-bond donors (Lipinski definition) is 1. The number of anilines is 2.